The number of hydrogen-bond acceptors (Lipinski definition) is 14. The maximum Gasteiger partial charge on any atom is 0.224 e. The smallest absolute Gasteiger partial charge is 0.224 e. The molecule has 0 amide bonds. The van der Waals surface area contributed by atoms with Gasteiger partial charge in [-0.2, -0.15) is 0 Å². The summed E-state index contributed by atoms with van der Waals surface area (Å²) in [6, 6.07) is 0. The first kappa shape index (κ1) is 27.5. The predicted molar refractivity (Wildman–Crippen MR) is 95.7 cm³/mol. The number of ether oxygens (including phenoxy) is 3. The largest absolute Gasteiger partial charge is 0.395 e. The van der Waals surface area contributed by atoms with Crippen molar-refractivity contribution in [2.45, 2.75) is 54.8 Å². The number of nitrogens with one attached hydrogen (secondary N) is 1. The predicted octanol–water partition coefficient (Wildman–Crippen LogP) is -6.83. The number of hydrogen-bond donors (Lipinski definition) is 11. The lowest BCUT2D eigenvalue weighted by atomic mass is 9.99. The second-order valence-electron chi connectivity index (χ2n) is 6.76. The molecule has 2 aliphatic heterocycles. The molecule has 0 unspecified atom stereocenters. The van der Waals surface area contributed by atoms with E-state index in [0.717, 1.165) is 0 Å². The van der Waals surface area contributed by atoms with E-state index in [1.807, 2.05) is 0 Å². The van der Waals surface area contributed by atoms with Gasteiger partial charge in [-0.15, -0.1) is 0 Å². The summed E-state index contributed by atoms with van der Waals surface area (Å²) in [5.41, 5.74) is 0. The lowest BCUT2D eigenvalue weighted by Gasteiger charge is -2.43. The van der Waals surface area contributed by atoms with Gasteiger partial charge in [0.1, 0.15) is 49.3 Å². The van der Waals surface area contributed by atoms with E-state index in [1.165, 1.54) is 0 Å². The quantitative estimate of drug-likeness (QED) is 0.147. The molecule has 0 radical (unpaired) electrons. The summed E-state index contributed by atoms with van der Waals surface area (Å²) in [4.78, 5) is 0. The summed E-state index contributed by atoms with van der Waals surface area (Å²) in [5, 5.41) is 95.7. The summed E-state index contributed by atoms with van der Waals surface area (Å²) in [6.45, 7) is -0.905. The van der Waals surface area contributed by atoms with E-state index in [9.17, 15) is 30.6 Å². The molecule has 2 rings (SSSR count). The van der Waals surface area contributed by atoms with Crippen LogP contribution in [0.4, 0.5) is 0 Å². The molecule has 0 spiro atoms. The monoisotopic (exact) mass is 447 g/mol. The molecule has 2 fully saturated rings. The Kier molecular flexibility index (Phi) is 12.0. The molecule has 0 aliphatic carbocycles. The lowest BCUT2D eigenvalue weighted by molar-refractivity contribution is -0.383. The highest BCUT2D eigenvalue weighted by atomic mass is 16.8. The van der Waals surface area contributed by atoms with Gasteiger partial charge in [0.05, 0.1) is 26.4 Å². The summed E-state index contributed by atoms with van der Waals surface area (Å²) < 4.78 is 15.4. The summed E-state index contributed by atoms with van der Waals surface area (Å²) >= 11 is 0. The molecule has 9 atom stereocenters. The standard InChI is InChI=1S/C12H22O11.C4H11NO2/c13-1-4-6(16)8(18)9(19)11(21-4)23-12(3-15)10(20)7(17)5(2-14)22-12;6-3-1-5-2-4-7/h4-11,13-20H,1-3H2;5-7H,1-4H2/t4-,5-,6-,7-,8+,9-,10+,11-,12+;/m1./s1. The van der Waals surface area contributed by atoms with E-state index < -0.39 is 74.6 Å². The molecule has 2 saturated heterocycles. The molecule has 11 N–H and O–H groups in total. The Morgan fingerprint density at radius 2 is 1.30 bits per heavy atom. The van der Waals surface area contributed by atoms with Crippen molar-refractivity contribution in [1.82, 2.24) is 5.32 Å². The fraction of sp³-hybridized carbons (Fsp3) is 1.00. The lowest BCUT2D eigenvalue weighted by Crippen LogP contribution is -2.62. The van der Waals surface area contributed by atoms with Crippen LogP contribution in [-0.4, -0.2) is 152 Å². The van der Waals surface area contributed by atoms with Crippen LogP contribution < -0.4 is 5.32 Å². The first-order valence-electron chi connectivity index (χ1n) is 9.39. The van der Waals surface area contributed by atoms with Crippen molar-refractivity contribution in [3.63, 3.8) is 0 Å². The highest BCUT2D eigenvalue weighted by molar-refractivity contribution is 4.98. The van der Waals surface area contributed by atoms with E-state index >= 15 is 0 Å². The molecule has 14 heteroatoms. The van der Waals surface area contributed by atoms with Crippen LogP contribution in [0.2, 0.25) is 0 Å². The second kappa shape index (κ2) is 13.1. The highest BCUT2D eigenvalue weighted by Gasteiger charge is 2.58. The molecule has 180 valence electrons. The van der Waals surface area contributed by atoms with Gasteiger partial charge in [-0.05, 0) is 0 Å². The average molecular weight is 447 g/mol. The van der Waals surface area contributed by atoms with Crippen LogP contribution in [0.3, 0.4) is 0 Å². The van der Waals surface area contributed by atoms with Gasteiger partial charge in [-0.3, -0.25) is 0 Å². The second-order valence-corrected chi connectivity index (χ2v) is 6.76. The third-order valence-corrected chi connectivity index (χ3v) is 4.65. The van der Waals surface area contributed by atoms with Crippen molar-refractivity contribution in [3.8, 4) is 0 Å². The molecule has 0 bridgehead atoms. The Hall–Kier alpha value is -0.560. The minimum atomic E-state index is -2.22. The maximum absolute atomic E-state index is 10.00. The van der Waals surface area contributed by atoms with Gasteiger partial charge in [0.15, 0.2) is 6.29 Å². The van der Waals surface area contributed by atoms with Gasteiger partial charge < -0.3 is 70.6 Å². The molecule has 0 aromatic carbocycles. The van der Waals surface area contributed by atoms with E-state index in [1.54, 1.807) is 0 Å². The number of aliphatic hydroxyl groups is 10. The summed E-state index contributed by atoms with van der Waals surface area (Å²) in [7, 11) is 0. The van der Waals surface area contributed by atoms with Crippen LogP contribution >= 0.6 is 0 Å². The zero-order valence-corrected chi connectivity index (χ0v) is 16.3. The van der Waals surface area contributed by atoms with Gasteiger partial charge in [0, 0.05) is 13.1 Å². The maximum atomic E-state index is 10.00. The first-order valence-corrected chi connectivity index (χ1v) is 9.39. The third-order valence-electron chi connectivity index (χ3n) is 4.65. The molecule has 30 heavy (non-hydrogen) atoms. The molecular weight excluding hydrogens is 414 g/mol. The SMILES string of the molecule is OCCNCCO.OC[C@H]1O[C@@](CO)(O[C@H]2O[C@H](CO)[C@@H](O)[C@H](O)[C@H]2O)[C@@H](O)[C@@H]1O. The van der Waals surface area contributed by atoms with E-state index in [4.69, 9.17) is 34.6 Å². The van der Waals surface area contributed by atoms with E-state index in [-0.39, 0.29) is 13.2 Å². The van der Waals surface area contributed by atoms with Gasteiger partial charge in [0.2, 0.25) is 5.79 Å². The molecule has 0 aromatic heterocycles. The molecule has 0 aromatic rings. The molecule has 2 aliphatic rings. The van der Waals surface area contributed by atoms with Crippen molar-refractivity contribution in [2.24, 2.45) is 0 Å². The highest BCUT2D eigenvalue weighted by Crippen LogP contribution is 2.35. The Morgan fingerprint density at radius 3 is 1.73 bits per heavy atom. The Labute approximate surface area is 172 Å². The summed E-state index contributed by atoms with van der Waals surface area (Å²) in [6.07, 6.45) is -12.7. The van der Waals surface area contributed by atoms with E-state index in [2.05, 4.69) is 5.32 Å². The van der Waals surface area contributed by atoms with Crippen molar-refractivity contribution >= 4 is 0 Å². The van der Waals surface area contributed by atoms with Gasteiger partial charge in [-0.25, -0.2) is 0 Å². The minimum Gasteiger partial charge on any atom is -0.395 e. The van der Waals surface area contributed by atoms with Crippen LogP contribution in [0.25, 0.3) is 0 Å². The van der Waals surface area contributed by atoms with Crippen LogP contribution in [-0.2, 0) is 14.2 Å². The fourth-order valence-electron chi connectivity index (χ4n) is 2.91. The number of rotatable bonds is 9. The van der Waals surface area contributed by atoms with Crippen LogP contribution in [0.5, 0.6) is 0 Å². The zero-order valence-electron chi connectivity index (χ0n) is 16.3. The molecule has 14 nitrogen and oxygen atoms in total. The zero-order chi connectivity index (χ0) is 22.9. The fourth-order valence-corrected chi connectivity index (χ4v) is 2.91. The summed E-state index contributed by atoms with van der Waals surface area (Å²) in [5.74, 6) is -2.22. The Morgan fingerprint density at radius 1 is 0.733 bits per heavy atom. The minimum absolute atomic E-state index is 0.139. The van der Waals surface area contributed by atoms with Gasteiger partial charge >= 0.3 is 0 Å². The van der Waals surface area contributed by atoms with Crippen molar-refractivity contribution in [1.29, 1.82) is 0 Å². The van der Waals surface area contributed by atoms with Crippen LogP contribution in [0, 0.1) is 0 Å². The normalized spacial score (nSPS) is 41.4. The average Bonchev–Trinajstić information content (AvgIpc) is 3.00. The third kappa shape index (κ3) is 6.47. The van der Waals surface area contributed by atoms with Crippen molar-refractivity contribution < 1.29 is 65.3 Å². The van der Waals surface area contributed by atoms with Crippen molar-refractivity contribution in [2.75, 3.05) is 46.1 Å². The molecular formula is C16H33NO13. The van der Waals surface area contributed by atoms with Crippen LogP contribution in [0.15, 0.2) is 0 Å². The van der Waals surface area contributed by atoms with Gasteiger partial charge in [-0.1, -0.05) is 0 Å². The Balaban J connectivity index is 0.000000553. The number of aliphatic hydroxyl groups excluding tert-OH is 10. The van der Waals surface area contributed by atoms with E-state index in [0.29, 0.717) is 13.1 Å². The molecule has 0 saturated carbocycles. The Bertz CT molecular complexity index is 468. The first-order chi connectivity index (χ1) is 14.2. The topological polar surface area (TPSA) is 242 Å². The molecule has 2 heterocycles. The van der Waals surface area contributed by atoms with Gasteiger partial charge in [0.25, 0.3) is 0 Å². The van der Waals surface area contributed by atoms with Crippen molar-refractivity contribution in [3.05, 3.63) is 0 Å². The van der Waals surface area contributed by atoms with Crippen LogP contribution in [0.1, 0.15) is 0 Å².